The number of hydrogen-bond acceptors (Lipinski definition) is 3. The lowest BCUT2D eigenvalue weighted by molar-refractivity contribution is 0.351. The topological polar surface area (TPSA) is 39.4 Å². The standard InChI is InChI=1S/C15H19N3S/c16-10-13-12-6-2-3-7-14(12)19-15(13)17-11-18-8-4-1-5-9-18/h11H,1-9H2/b17-11+. The zero-order chi connectivity index (χ0) is 13.1. The number of nitrogens with zero attached hydrogens (tertiary/aromatic N) is 3. The molecule has 0 spiro atoms. The lowest BCUT2D eigenvalue weighted by Gasteiger charge is -2.23. The Morgan fingerprint density at radius 2 is 1.89 bits per heavy atom. The first-order chi connectivity index (χ1) is 9.38. The fraction of sp³-hybridized carbons (Fsp3) is 0.600. The fourth-order valence-corrected chi connectivity index (χ4v) is 4.10. The van der Waals surface area contributed by atoms with Gasteiger partial charge in [0.15, 0.2) is 0 Å². The van der Waals surface area contributed by atoms with Crippen LogP contribution in [0.5, 0.6) is 0 Å². The van der Waals surface area contributed by atoms with Crippen molar-refractivity contribution in [1.29, 1.82) is 5.26 Å². The molecule has 2 aliphatic rings. The van der Waals surface area contributed by atoms with E-state index < -0.39 is 0 Å². The first-order valence-electron chi connectivity index (χ1n) is 7.21. The highest BCUT2D eigenvalue weighted by Gasteiger charge is 2.20. The van der Waals surface area contributed by atoms with Crippen molar-refractivity contribution in [2.75, 3.05) is 13.1 Å². The molecular weight excluding hydrogens is 254 g/mol. The predicted molar refractivity (Wildman–Crippen MR) is 79.3 cm³/mol. The van der Waals surface area contributed by atoms with E-state index in [-0.39, 0.29) is 0 Å². The summed E-state index contributed by atoms with van der Waals surface area (Å²) in [6.45, 7) is 2.22. The molecule has 1 aromatic heterocycles. The average Bonchev–Trinajstić information content (AvgIpc) is 2.83. The molecule has 3 nitrogen and oxygen atoms in total. The number of likely N-dealkylation sites (tertiary alicyclic amines) is 1. The van der Waals surface area contributed by atoms with Gasteiger partial charge in [0, 0.05) is 18.0 Å². The molecule has 0 saturated carbocycles. The number of fused-ring (bicyclic) bond motifs is 1. The van der Waals surface area contributed by atoms with E-state index in [9.17, 15) is 5.26 Å². The number of rotatable bonds is 2. The molecule has 0 N–H and O–H groups in total. The van der Waals surface area contributed by atoms with Crippen molar-refractivity contribution in [2.45, 2.75) is 44.9 Å². The minimum Gasteiger partial charge on any atom is -0.363 e. The Morgan fingerprint density at radius 3 is 2.68 bits per heavy atom. The third-order valence-electron chi connectivity index (χ3n) is 3.99. The van der Waals surface area contributed by atoms with Crippen molar-refractivity contribution in [3.05, 3.63) is 16.0 Å². The molecule has 1 fully saturated rings. The molecule has 0 amide bonds. The Morgan fingerprint density at radius 1 is 1.11 bits per heavy atom. The van der Waals surface area contributed by atoms with Crippen LogP contribution in [0.3, 0.4) is 0 Å². The molecular formula is C15H19N3S. The summed E-state index contributed by atoms with van der Waals surface area (Å²) < 4.78 is 0. The van der Waals surface area contributed by atoms with Gasteiger partial charge in [-0.15, -0.1) is 11.3 Å². The summed E-state index contributed by atoms with van der Waals surface area (Å²) in [7, 11) is 0. The molecule has 1 aliphatic carbocycles. The van der Waals surface area contributed by atoms with Crippen molar-refractivity contribution < 1.29 is 0 Å². The van der Waals surface area contributed by atoms with E-state index in [0.29, 0.717) is 0 Å². The number of thiophene rings is 1. The van der Waals surface area contributed by atoms with E-state index in [4.69, 9.17) is 0 Å². The second kappa shape index (κ2) is 5.75. The van der Waals surface area contributed by atoms with Crippen LogP contribution < -0.4 is 0 Å². The van der Waals surface area contributed by atoms with E-state index in [2.05, 4.69) is 16.0 Å². The van der Waals surface area contributed by atoms with Crippen molar-refractivity contribution in [3.63, 3.8) is 0 Å². The second-order valence-electron chi connectivity index (χ2n) is 5.34. The maximum atomic E-state index is 9.37. The highest BCUT2D eigenvalue weighted by Crippen LogP contribution is 2.39. The van der Waals surface area contributed by atoms with Gasteiger partial charge in [-0.05, 0) is 50.5 Å². The van der Waals surface area contributed by atoms with Crippen LogP contribution in [0, 0.1) is 11.3 Å². The molecule has 1 saturated heterocycles. The highest BCUT2D eigenvalue weighted by molar-refractivity contribution is 7.16. The van der Waals surface area contributed by atoms with Crippen LogP contribution in [0.2, 0.25) is 0 Å². The largest absolute Gasteiger partial charge is 0.363 e. The van der Waals surface area contributed by atoms with Gasteiger partial charge in [-0.25, -0.2) is 4.99 Å². The lowest BCUT2D eigenvalue weighted by atomic mass is 9.96. The van der Waals surface area contributed by atoms with E-state index in [0.717, 1.165) is 36.5 Å². The molecule has 3 rings (SSSR count). The number of nitriles is 1. The summed E-state index contributed by atoms with van der Waals surface area (Å²) in [5, 5.41) is 10.3. The van der Waals surface area contributed by atoms with E-state index in [1.807, 2.05) is 6.34 Å². The number of aliphatic imine (C=N–C) groups is 1. The summed E-state index contributed by atoms with van der Waals surface area (Å²) in [6, 6.07) is 2.37. The fourth-order valence-electron chi connectivity index (χ4n) is 2.93. The third-order valence-corrected chi connectivity index (χ3v) is 5.19. The van der Waals surface area contributed by atoms with Gasteiger partial charge in [-0.2, -0.15) is 5.26 Å². The van der Waals surface area contributed by atoms with Crippen molar-refractivity contribution in [1.82, 2.24) is 4.90 Å². The minimum absolute atomic E-state index is 0.841. The van der Waals surface area contributed by atoms with Crippen LogP contribution in [0.1, 0.15) is 48.1 Å². The highest BCUT2D eigenvalue weighted by atomic mass is 32.1. The molecule has 19 heavy (non-hydrogen) atoms. The van der Waals surface area contributed by atoms with Gasteiger partial charge in [0.25, 0.3) is 0 Å². The van der Waals surface area contributed by atoms with Gasteiger partial charge in [0.1, 0.15) is 11.1 Å². The van der Waals surface area contributed by atoms with Gasteiger partial charge < -0.3 is 4.90 Å². The van der Waals surface area contributed by atoms with Gasteiger partial charge in [0.2, 0.25) is 0 Å². The molecule has 0 radical (unpaired) electrons. The Bertz CT molecular complexity index is 518. The van der Waals surface area contributed by atoms with Crippen molar-refractivity contribution >= 4 is 22.7 Å². The van der Waals surface area contributed by atoms with Crippen LogP contribution in [-0.4, -0.2) is 24.3 Å². The van der Waals surface area contributed by atoms with E-state index in [1.165, 1.54) is 42.5 Å². The summed E-state index contributed by atoms with van der Waals surface area (Å²) in [4.78, 5) is 8.28. The number of hydrogen-bond donors (Lipinski definition) is 0. The van der Waals surface area contributed by atoms with Crippen molar-refractivity contribution in [3.8, 4) is 6.07 Å². The van der Waals surface area contributed by atoms with Crippen LogP contribution >= 0.6 is 11.3 Å². The molecule has 100 valence electrons. The monoisotopic (exact) mass is 273 g/mol. The zero-order valence-electron chi connectivity index (χ0n) is 11.2. The lowest BCUT2D eigenvalue weighted by Crippen LogP contribution is -2.27. The van der Waals surface area contributed by atoms with Crippen LogP contribution in [0.4, 0.5) is 5.00 Å². The van der Waals surface area contributed by atoms with E-state index >= 15 is 0 Å². The molecule has 4 heteroatoms. The SMILES string of the molecule is N#Cc1c(/N=C/N2CCCCC2)sc2c1CCCC2. The molecule has 0 atom stereocenters. The first-order valence-corrected chi connectivity index (χ1v) is 8.03. The maximum absolute atomic E-state index is 9.37. The first kappa shape index (κ1) is 12.7. The quantitative estimate of drug-likeness (QED) is 0.609. The Hall–Kier alpha value is -1.34. The van der Waals surface area contributed by atoms with Crippen LogP contribution in [-0.2, 0) is 12.8 Å². The van der Waals surface area contributed by atoms with Gasteiger partial charge in [-0.3, -0.25) is 0 Å². The Balaban J connectivity index is 1.82. The van der Waals surface area contributed by atoms with Crippen molar-refractivity contribution in [2.24, 2.45) is 4.99 Å². The third kappa shape index (κ3) is 2.66. The predicted octanol–water partition coefficient (Wildman–Crippen LogP) is 3.64. The Kier molecular flexibility index (Phi) is 3.84. The van der Waals surface area contributed by atoms with E-state index in [1.54, 1.807) is 11.3 Å². The number of piperidine rings is 1. The second-order valence-corrected chi connectivity index (χ2v) is 6.43. The summed E-state index contributed by atoms with van der Waals surface area (Å²) in [5.74, 6) is 0. The summed E-state index contributed by atoms with van der Waals surface area (Å²) >= 11 is 1.73. The average molecular weight is 273 g/mol. The van der Waals surface area contributed by atoms with Crippen LogP contribution in [0.15, 0.2) is 4.99 Å². The summed E-state index contributed by atoms with van der Waals surface area (Å²) in [5.41, 5.74) is 2.12. The smallest absolute Gasteiger partial charge is 0.136 e. The molecule has 0 unspecified atom stereocenters. The Labute approximate surface area is 118 Å². The van der Waals surface area contributed by atoms with Gasteiger partial charge >= 0.3 is 0 Å². The maximum Gasteiger partial charge on any atom is 0.136 e. The molecule has 1 aromatic rings. The number of aryl methyl sites for hydroxylation is 1. The van der Waals surface area contributed by atoms with Crippen LogP contribution in [0.25, 0.3) is 0 Å². The molecule has 0 aromatic carbocycles. The van der Waals surface area contributed by atoms with Gasteiger partial charge in [0.05, 0.1) is 11.9 Å². The molecule has 0 bridgehead atoms. The minimum atomic E-state index is 0.841. The van der Waals surface area contributed by atoms with Gasteiger partial charge in [-0.1, -0.05) is 0 Å². The zero-order valence-corrected chi connectivity index (χ0v) is 12.0. The summed E-state index contributed by atoms with van der Waals surface area (Å²) in [6.07, 6.45) is 10.5. The molecule has 1 aliphatic heterocycles. The normalized spacial score (nSPS) is 19.4. The molecule has 2 heterocycles.